The van der Waals surface area contributed by atoms with Crippen molar-refractivity contribution in [3.05, 3.63) is 23.3 Å². The third-order valence-corrected chi connectivity index (χ3v) is 2.75. The molecule has 0 aromatic rings. The van der Waals surface area contributed by atoms with Gasteiger partial charge in [0.25, 0.3) is 0 Å². The van der Waals surface area contributed by atoms with Gasteiger partial charge >= 0.3 is 16.4 Å². The van der Waals surface area contributed by atoms with Crippen LogP contribution in [0.4, 0.5) is 0 Å². The fourth-order valence-electron chi connectivity index (χ4n) is 1.22. The number of aliphatic hydroxyl groups is 1. The summed E-state index contributed by atoms with van der Waals surface area (Å²) in [6.45, 7) is 4.87. The van der Waals surface area contributed by atoms with Crippen molar-refractivity contribution in [3.8, 4) is 0 Å². The number of carbonyl (C=O) groups is 1. The lowest BCUT2D eigenvalue weighted by atomic mass is 10.1. The lowest BCUT2D eigenvalue weighted by molar-refractivity contribution is -0.139. The summed E-state index contributed by atoms with van der Waals surface area (Å²) >= 11 is 0. The molecule has 2 N–H and O–H groups in total. The van der Waals surface area contributed by atoms with Gasteiger partial charge in [-0.25, -0.2) is 4.18 Å². The highest BCUT2D eigenvalue weighted by molar-refractivity contribution is 7.80. The number of rotatable bonds is 8. The number of ether oxygens (including phenoxy) is 1. The lowest BCUT2D eigenvalue weighted by Crippen LogP contribution is -2.18. The molecule has 116 valence electrons. The van der Waals surface area contributed by atoms with Crippen molar-refractivity contribution in [2.45, 2.75) is 39.9 Å². The predicted octanol–water partition coefficient (Wildman–Crippen LogP) is 1.36. The molecule has 0 aromatic carbocycles. The second-order valence-electron chi connectivity index (χ2n) is 4.22. The first kappa shape index (κ1) is 18.8. The van der Waals surface area contributed by atoms with Gasteiger partial charge in [0.05, 0.1) is 0 Å². The predicted molar refractivity (Wildman–Crippen MR) is 72.0 cm³/mol. The average Bonchev–Trinajstić information content (AvgIpc) is 2.25. The smallest absolute Gasteiger partial charge is 0.400 e. The summed E-state index contributed by atoms with van der Waals surface area (Å²) in [6.07, 6.45) is 2.85. The Balaban J connectivity index is 4.19. The first-order chi connectivity index (χ1) is 9.11. The SMILES string of the molecule is CC(=O)OC/C=C(\C)CC/C=C(\C)C(O)OS(=O)(=O)O. The fraction of sp³-hybridized carbons (Fsp3) is 0.583. The van der Waals surface area contributed by atoms with Crippen molar-refractivity contribution >= 4 is 16.4 Å². The Labute approximate surface area is 118 Å². The molecule has 0 heterocycles. The van der Waals surface area contributed by atoms with Crippen LogP contribution in [-0.2, 0) is 24.1 Å². The maximum Gasteiger partial charge on any atom is 0.400 e. The van der Waals surface area contributed by atoms with Gasteiger partial charge in [0.1, 0.15) is 6.61 Å². The van der Waals surface area contributed by atoms with E-state index in [9.17, 15) is 18.3 Å². The summed E-state index contributed by atoms with van der Waals surface area (Å²) in [6, 6.07) is 0. The van der Waals surface area contributed by atoms with E-state index in [1.807, 2.05) is 6.92 Å². The van der Waals surface area contributed by atoms with Gasteiger partial charge < -0.3 is 9.84 Å². The molecule has 0 amide bonds. The van der Waals surface area contributed by atoms with Crippen molar-refractivity contribution < 1.29 is 31.8 Å². The maximum absolute atomic E-state index is 10.5. The molecule has 1 unspecified atom stereocenters. The van der Waals surface area contributed by atoms with Gasteiger partial charge in [-0.1, -0.05) is 11.6 Å². The second kappa shape index (κ2) is 8.85. The minimum absolute atomic E-state index is 0.207. The minimum Gasteiger partial charge on any atom is -0.462 e. The van der Waals surface area contributed by atoms with Crippen LogP contribution in [-0.4, -0.2) is 36.9 Å². The van der Waals surface area contributed by atoms with Gasteiger partial charge in [-0.3, -0.25) is 9.35 Å². The topological polar surface area (TPSA) is 110 Å². The Morgan fingerprint density at radius 2 is 1.85 bits per heavy atom. The van der Waals surface area contributed by atoms with Crippen LogP contribution in [0.1, 0.15) is 33.6 Å². The highest BCUT2D eigenvalue weighted by atomic mass is 32.3. The van der Waals surface area contributed by atoms with Gasteiger partial charge in [0.15, 0.2) is 6.29 Å². The molecule has 0 spiro atoms. The van der Waals surface area contributed by atoms with Crippen molar-refractivity contribution in [3.63, 3.8) is 0 Å². The molecule has 0 aliphatic carbocycles. The number of carbonyl (C=O) groups excluding carboxylic acids is 1. The second-order valence-corrected chi connectivity index (χ2v) is 5.26. The zero-order chi connectivity index (χ0) is 15.8. The molecular weight excluding hydrogens is 288 g/mol. The molecule has 0 fully saturated rings. The van der Waals surface area contributed by atoms with E-state index in [1.165, 1.54) is 13.8 Å². The number of hydrogen-bond acceptors (Lipinski definition) is 6. The molecule has 8 heteroatoms. The van der Waals surface area contributed by atoms with E-state index < -0.39 is 16.7 Å². The largest absolute Gasteiger partial charge is 0.462 e. The van der Waals surface area contributed by atoms with E-state index in [1.54, 1.807) is 12.2 Å². The molecule has 0 aliphatic rings. The van der Waals surface area contributed by atoms with Crippen LogP contribution in [0.3, 0.4) is 0 Å². The molecule has 0 saturated carbocycles. The molecular formula is C12H20O7S. The quantitative estimate of drug-likeness (QED) is 0.301. The number of esters is 1. The van der Waals surface area contributed by atoms with Crippen LogP contribution in [0.2, 0.25) is 0 Å². The number of hydrogen-bond donors (Lipinski definition) is 2. The van der Waals surface area contributed by atoms with Crippen LogP contribution < -0.4 is 0 Å². The third kappa shape index (κ3) is 10.7. The average molecular weight is 308 g/mol. The van der Waals surface area contributed by atoms with Gasteiger partial charge in [-0.2, -0.15) is 8.42 Å². The molecule has 1 atom stereocenters. The van der Waals surface area contributed by atoms with E-state index in [4.69, 9.17) is 9.29 Å². The Kier molecular flexibility index (Phi) is 8.31. The third-order valence-electron chi connectivity index (χ3n) is 2.33. The monoisotopic (exact) mass is 308 g/mol. The standard InChI is InChI=1S/C12H20O7S/c1-9(7-8-18-11(3)13)5-4-6-10(2)12(14)19-20(15,16)17/h6-7,12,14H,4-5,8H2,1-3H3,(H,15,16,17)/b9-7+,10-6+. The summed E-state index contributed by atoms with van der Waals surface area (Å²) < 4.78 is 37.9. The van der Waals surface area contributed by atoms with Gasteiger partial charge in [-0.05, 0) is 38.3 Å². The van der Waals surface area contributed by atoms with Crippen LogP contribution in [0.15, 0.2) is 23.3 Å². The number of allylic oxidation sites excluding steroid dienone is 2. The van der Waals surface area contributed by atoms with Crippen LogP contribution in [0.25, 0.3) is 0 Å². The lowest BCUT2D eigenvalue weighted by Gasteiger charge is -2.09. The molecule has 7 nitrogen and oxygen atoms in total. The number of aliphatic hydroxyl groups excluding tert-OH is 1. The summed E-state index contributed by atoms with van der Waals surface area (Å²) in [5.41, 5.74) is 1.26. The highest BCUT2D eigenvalue weighted by Gasteiger charge is 2.15. The van der Waals surface area contributed by atoms with Crippen molar-refractivity contribution in [1.29, 1.82) is 0 Å². The van der Waals surface area contributed by atoms with Gasteiger partial charge in [0.2, 0.25) is 0 Å². The molecule has 0 rings (SSSR count). The van der Waals surface area contributed by atoms with Crippen LogP contribution in [0.5, 0.6) is 0 Å². The van der Waals surface area contributed by atoms with E-state index >= 15 is 0 Å². The molecule has 0 radical (unpaired) electrons. The Morgan fingerprint density at radius 3 is 2.35 bits per heavy atom. The van der Waals surface area contributed by atoms with E-state index in [-0.39, 0.29) is 18.1 Å². The maximum atomic E-state index is 10.5. The highest BCUT2D eigenvalue weighted by Crippen LogP contribution is 2.11. The summed E-state index contributed by atoms with van der Waals surface area (Å²) in [4.78, 5) is 10.5. The van der Waals surface area contributed by atoms with Gasteiger partial charge in [-0.15, -0.1) is 0 Å². The van der Waals surface area contributed by atoms with E-state index in [0.717, 1.165) is 5.57 Å². The zero-order valence-corrected chi connectivity index (χ0v) is 12.5. The van der Waals surface area contributed by atoms with E-state index in [2.05, 4.69) is 4.18 Å². The minimum atomic E-state index is -4.68. The molecule has 20 heavy (non-hydrogen) atoms. The normalized spacial score (nSPS) is 15.1. The Hall–Kier alpha value is -1.22. The Bertz CT molecular complexity index is 476. The van der Waals surface area contributed by atoms with Crippen molar-refractivity contribution in [2.24, 2.45) is 0 Å². The van der Waals surface area contributed by atoms with Crippen LogP contribution in [0, 0.1) is 0 Å². The van der Waals surface area contributed by atoms with Crippen molar-refractivity contribution in [1.82, 2.24) is 0 Å². The van der Waals surface area contributed by atoms with Crippen molar-refractivity contribution in [2.75, 3.05) is 6.61 Å². The molecule has 0 aromatic heterocycles. The Morgan fingerprint density at radius 1 is 1.25 bits per heavy atom. The fourth-order valence-corrected chi connectivity index (χ4v) is 1.60. The first-order valence-electron chi connectivity index (χ1n) is 5.91. The zero-order valence-electron chi connectivity index (χ0n) is 11.7. The van der Waals surface area contributed by atoms with E-state index in [0.29, 0.717) is 12.8 Å². The molecule has 0 aliphatic heterocycles. The summed E-state index contributed by atoms with van der Waals surface area (Å²) in [5.74, 6) is -0.352. The molecule has 0 saturated heterocycles. The summed E-state index contributed by atoms with van der Waals surface area (Å²) in [7, 11) is -4.68. The van der Waals surface area contributed by atoms with Gasteiger partial charge in [0, 0.05) is 6.92 Å². The molecule has 0 bridgehead atoms. The first-order valence-corrected chi connectivity index (χ1v) is 7.27. The summed E-state index contributed by atoms with van der Waals surface area (Å²) in [5, 5.41) is 9.32. The van der Waals surface area contributed by atoms with Crippen LogP contribution >= 0.6 is 0 Å².